The maximum atomic E-state index is 12.0. The predicted octanol–water partition coefficient (Wildman–Crippen LogP) is 0.980. The Morgan fingerprint density at radius 2 is 1.89 bits per heavy atom. The van der Waals surface area contributed by atoms with E-state index in [1.165, 1.54) is 19.1 Å². The number of nitrogens with one attached hydrogen (secondary N) is 1. The summed E-state index contributed by atoms with van der Waals surface area (Å²) in [5, 5.41) is 9.24. The van der Waals surface area contributed by atoms with Gasteiger partial charge >= 0.3 is 0 Å². The van der Waals surface area contributed by atoms with E-state index in [-0.39, 0.29) is 21.5 Å². The summed E-state index contributed by atoms with van der Waals surface area (Å²) in [6, 6.07) is 3.69. The Morgan fingerprint density at radius 1 is 1.39 bits per heavy atom. The Bertz CT molecular complexity index is 500. The summed E-state index contributed by atoms with van der Waals surface area (Å²) in [7, 11) is -3.86. The quantitative estimate of drug-likeness (QED) is 0.755. The topological polar surface area (TPSA) is 92.4 Å². The van der Waals surface area contributed by atoms with E-state index in [0.29, 0.717) is 0 Å². The highest BCUT2D eigenvalue weighted by atomic mass is 35.5. The van der Waals surface area contributed by atoms with Gasteiger partial charge in [-0.05, 0) is 19.1 Å². The van der Waals surface area contributed by atoms with Gasteiger partial charge in [0, 0.05) is 12.6 Å². The summed E-state index contributed by atoms with van der Waals surface area (Å²) in [5.41, 5.74) is 5.53. The Balaban J connectivity index is 2.94. The molecule has 0 radical (unpaired) electrons. The van der Waals surface area contributed by atoms with Gasteiger partial charge in [-0.25, -0.2) is 13.1 Å². The third-order valence-corrected chi connectivity index (χ3v) is 4.69. The maximum absolute atomic E-state index is 12.0. The van der Waals surface area contributed by atoms with Crippen LogP contribution in [0, 0.1) is 0 Å². The molecule has 0 bridgehead atoms. The van der Waals surface area contributed by atoms with Crippen LogP contribution in [0.25, 0.3) is 0 Å². The first-order chi connectivity index (χ1) is 8.25. The van der Waals surface area contributed by atoms with E-state index in [4.69, 9.17) is 28.9 Å². The minimum absolute atomic E-state index is 0.0284. The SMILES string of the molecule is CC(O)C(N)CNS(=O)(=O)c1c(Cl)cccc1Cl. The van der Waals surface area contributed by atoms with E-state index in [9.17, 15) is 13.5 Å². The lowest BCUT2D eigenvalue weighted by molar-refractivity contribution is 0.164. The molecule has 2 atom stereocenters. The number of benzene rings is 1. The second-order valence-electron chi connectivity index (χ2n) is 3.81. The lowest BCUT2D eigenvalue weighted by atomic mass is 10.2. The minimum atomic E-state index is -3.86. The highest BCUT2D eigenvalue weighted by molar-refractivity contribution is 7.89. The second kappa shape index (κ2) is 6.18. The van der Waals surface area contributed by atoms with Crippen molar-refractivity contribution in [3.63, 3.8) is 0 Å². The van der Waals surface area contributed by atoms with Crippen LogP contribution in [-0.2, 0) is 10.0 Å². The average Bonchev–Trinajstić information content (AvgIpc) is 2.25. The summed E-state index contributed by atoms with van der Waals surface area (Å²) in [4.78, 5) is -0.189. The summed E-state index contributed by atoms with van der Waals surface area (Å²) in [6.45, 7) is 1.36. The zero-order valence-electron chi connectivity index (χ0n) is 9.60. The van der Waals surface area contributed by atoms with Crippen molar-refractivity contribution in [1.29, 1.82) is 0 Å². The van der Waals surface area contributed by atoms with Gasteiger partial charge in [0.05, 0.1) is 16.1 Å². The zero-order valence-corrected chi connectivity index (χ0v) is 11.9. The highest BCUT2D eigenvalue weighted by Crippen LogP contribution is 2.28. The third-order valence-electron chi connectivity index (χ3n) is 2.32. The van der Waals surface area contributed by atoms with Crippen molar-refractivity contribution in [1.82, 2.24) is 4.72 Å². The monoisotopic (exact) mass is 312 g/mol. The molecule has 0 spiro atoms. The average molecular weight is 313 g/mol. The van der Waals surface area contributed by atoms with E-state index in [1.807, 2.05) is 0 Å². The minimum Gasteiger partial charge on any atom is -0.392 e. The first-order valence-electron chi connectivity index (χ1n) is 5.13. The maximum Gasteiger partial charge on any atom is 0.243 e. The number of halogens is 2. The summed E-state index contributed by atoms with van der Waals surface area (Å²) < 4.78 is 26.2. The molecule has 5 nitrogen and oxygen atoms in total. The highest BCUT2D eigenvalue weighted by Gasteiger charge is 2.22. The molecule has 18 heavy (non-hydrogen) atoms. The van der Waals surface area contributed by atoms with Gasteiger partial charge in [0.2, 0.25) is 10.0 Å². The third kappa shape index (κ3) is 3.81. The number of nitrogens with two attached hydrogens (primary N) is 1. The van der Waals surface area contributed by atoms with Gasteiger partial charge < -0.3 is 10.8 Å². The van der Waals surface area contributed by atoms with Crippen molar-refractivity contribution >= 4 is 33.2 Å². The van der Waals surface area contributed by atoms with Crippen LogP contribution in [0.15, 0.2) is 23.1 Å². The van der Waals surface area contributed by atoms with Gasteiger partial charge in [-0.2, -0.15) is 0 Å². The van der Waals surface area contributed by atoms with Crippen LogP contribution < -0.4 is 10.5 Å². The Morgan fingerprint density at radius 3 is 2.33 bits per heavy atom. The second-order valence-corrected chi connectivity index (χ2v) is 6.33. The zero-order chi connectivity index (χ0) is 13.9. The van der Waals surface area contributed by atoms with Crippen molar-refractivity contribution in [3.05, 3.63) is 28.2 Å². The fourth-order valence-electron chi connectivity index (χ4n) is 1.19. The molecule has 102 valence electrons. The van der Waals surface area contributed by atoms with Crippen LogP contribution in [0.4, 0.5) is 0 Å². The molecular formula is C10H14Cl2N2O3S. The molecule has 4 N–H and O–H groups in total. The van der Waals surface area contributed by atoms with Gasteiger partial charge in [0.15, 0.2) is 0 Å². The Kier molecular flexibility index (Phi) is 5.39. The number of hydrogen-bond acceptors (Lipinski definition) is 4. The lowest BCUT2D eigenvalue weighted by Gasteiger charge is -2.16. The van der Waals surface area contributed by atoms with Crippen LogP contribution >= 0.6 is 23.2 Å². The molecule has 0 saturated carbocycles. The Hall–Kier alpha value is -0.370. The largest absolute Gasteiger partial charge is 0.392 e. The van der Waals surface area contributed by atoms with Gasteiger partial charge in [0.25, 0.3) is 0 Å². The fraction of sp³-hybridized carbons (Fsp3) is 0.400. The number of rotatable bonds is 5. The molecule has 0 aliphatic rings. The first kappa shape index (κ1) is 15.7. The van der Waals surface area contributed by atoms with Crippen LogP contribution in [0.5, 0.6) is 0 Å². The Labute approximate surface area is 116 Å². The van der Waals surface area contributed by atoms with Crippen molar-refractivity contribution in [2.24, 2.45) is 5.73 Å². The van der Waals surface area contributed by atoms with E-state index in [0.717, 1.165) is 0 Å². The molecule has 0 aromatic heterocycles. The molecule has 1 aromatic rings. The number of hydrogen-bond donors (Lipinski definition) is 3. The lowest BCUT2D eigenvalue weighted by Crippen LogP contribution is -2.43. The predicted molar refractivity (Wildman–Crippen MR) is 71.3 cm³/mol. The molecule has 2 unspecified atom stereocenters. The van der Waals surface area contributed by atoms with Crippen molar-refractivity contribution < 1.29 is 13.5 Å². The van der Waals surface area contributed by atoms with Crippen LogP contribution in [-0.4, -0.2) is 32.2 Å². The van der Waals surface area contributed by atoms with Crippen molar-refractivity contribution in [2.75, 3.05) is 6.54 Å². The summed E-state index contributed by atoms with van der Waals surface area (Å²) in [6.07, 6.45) is -0.825. The molecule has 0 aliphatic heterocycles. The molecule has 0 saturated heterocycles. The molecule has 0 aliphatic carbocycles. The number of aliphatic hydroxyl groups excluding tert-OH is 1. The normalized spacial score (nSPS) is 15.4. The molecule has 1 aromatic carbocycles. The van der Waals surface area contributed by atoms with E-state index in [2.05, 4.69) is 4.72 Å². The van der Waals surface area contributed by atoms with Crippen LogP contribution in [0.3, 0.4) is 0 Å². The van der Waals surface area contributed by atoms with E-state index >= 15 is 0 Å². The number of sulfonamides is 1. The molecule has 1 rings (SSSR count). The van der Waals surface area contributed by atoms with Gasteiger partial charge in [-0.1, -0.05) is 29.3 Å². The smallest absolute Gasteiger partial charge is 0.243 e. The van der Waals surface area contributed by atoms with Gasteiger partial charge in [-0.3, -0.25) is 0 Å². The molecule has 0 amide bonds. The summed E-state index contributed by atoms with van der Waals surface area (Å²) >= 11 is 11.6. The first-order valence-corrected chi connectivity index (χ1v) is 7.37. The van der Waals surface area contributed by atoms with Crippen LogP contribution in [0.1, 0.15) is 6.92 Å². The van der Waals surface area contributed by atoms with Gasteiger partial charge in [-0.15, -0.1) is 0 Å². The van der Waals surface area contributed by atoms with E-state index < -0.39 is 22.2 Å². The van der Waals surface area contributed by atoms with Crippen molar-refractivity contribution in [3.8, 4) is 0 Å². The van der Waals surface area contributed by atoms with Crippen molar-refractivity contribution in [2.45, 2.75) is 24.0 Å². The number of aliphatic hydroxyl groups is 1. The molecular weight excluding hydrogens is 299 g/mol. The molecule has 0 heterocycles. The van der Waals surface area contributed by atoms with E-state index in [1.54, 1.807) is 6.07 Å². The molecule has 0 fully saturated rings. The summed E-state index contributed by atoms with van der Waals surface area (Å²) in [5.74, 6) is 0. The standard InChI is InChI=1S/C10H14Cl2N2O3S/c1-6(15)9(13)5-14-18(16,17)10-7(11)3-2-4-8(10)12/h2-4,6,9,14-15H,5,13H2,1H3. The van der Waals surface area contributed by atoms with Crippen LogP contribution in [0.2, 0.25) is 10.0 Å². The fourth-order valence-corrected chi connectivity index (χ4v) is 3.40. The molecule has 8 heteroatoms. The van der Waals surface area contributed by atoms with Gasteiger partial charge in [0.1, 0.15) is 4.90 Å².